The first-order chi connectivity index (χ1) is 8.72. The number of rotatable bonds is 7. The predicted octanol–water partition coefficient (Wildman–Crippen LogP) is 4.00. The highest BCUT2D eigenvalue weighted by atomic mass is 33.1. The van der Waals surface area contributed by atoms with E-state index in [1.807, 2.05) is 18.2 Å². The number of aliphatic hydroxyl groups excluding tert-OH is 1. The highest BCUT2D eigenvalue weighted by Crippen LogP contribution is 2.40. The van der Waals surface area contributed by atoms with E-state index in [9.17, 15) is 0 Å². The molecular weight excluding hydrogens is 262 g/mol. The highest BCUT2D eigenvalue weighted by molar-refractivity contribution is 8.78. The summed E-state index contributed by atoms with van der Waals surface area (Å²) in [7, 11) is 3.19. The summed E-state index contributed by atoms with van der Waals surface area (Å²) in [6, 6.07) is 6.13. The molecule has 1 rings (SSSR count). The van der Waals surface area contributed by atoms with Crippen molar-refractivity contribution in [2.24, 2.45) is 4.99 Å². The zero-order chi connectivity index (χ0) is 13.4. The van der Waals surface area contributed by atoms with Crippen molar-refractivity contribution in [2.75, 3.05) is 6.61 Å². The third kappa shape index (κ3) is 4.37. The van der Waals surface area contributed by atoms with E-state index in [0.717, 1.165) is 10.6 Å². The first-order valence-electron chi connectivity index (χ1n) is 5.56. The summed E-state index contributed by atoms with van der Waals surface area (Å²) in [5.74, 6) is 0. The number of hydrogen-bond donors (Lipinski definition) is 1. The fraction of sp³-hybridized carbons (Fsp3) is 0.214. The standard InChI is InChI=1S/C14H17NOS2/c1-4-6-13(15-3)17-18-14-11(2)7-5-8-12(14)9-10-16/h4-8,16H,1,3,9-10H2,2H3. The molecule has 2 nitrogen and oxygen atoms in total. The molecule has 1 aromatic carbocycles. The number of benzene rings is 1. The van der Waals surface area contributed by atoms with Gasteiger partial charge in [-0.3, -0.25) is 4.99 Å². The topological polar surface area (TPSA) is 32.6 Å². The molecule has 0 radical (unpaired) electrons. The number of hydrogen-bond acceptors (Lipinski definition) is 4. The summed E-state index contributed by atoms with van der Waals surface area (Å²) in [5, 5.41) is 9.90. The van der Waals surface area contributed by atoms with Crippen molar-refractivity contribution in [1.82, 2.24) is 0 Å². The average molecular weight is 279 g/mol. The van der Waals surface area contributed by atoms with Gasteiger partial charge < -0.3 is 5.11 Å². The van der Waals surface area contributed by atoms with Gasteiger partial charge in [0.05, 0.1) is 0 Å². The second-order valence-electron chi connectivity index (χ2n) is 3.60. The lowest BCUT2D eigenvalue weighted by Gasteiger charge is -2.10. The van der Waals surface area contributed by atoms with E-state index in [1.54, 1.807) is 27.7 Å². The van der Waals surface area contributed by atoms with E-state index >= 15 is 0 Å². The van der Waals surface area contributed by atoms with Crippen LogP contribution < -0.4 is 0 Å². The Morgan fingerprint density at radius 2 is 2.28 bits per heavy atom. The molecule has 0 amide bonds. The van der Waals surface area contributed by atoms with Gasteiger partial charge in [0.1, 0.15) is 5.03 Å². The summed E-state index contributed by atoms with van der Waals surface area (Å²) in [6.07, 6.45) is 4.20. The minimum absolute atomic E-state index is 0.163. The van der Waals surface area contributed by atoms with Gasteiger partial charge in [-0.1, -0.05) is 41.6 Å². The molecule has 0 unspecified atom stereocenters. The quantitative estimate of drug-likeness (QED) is 0.465. The Hall–Kier alpha value is -0.970. The lowest BCUT2D eigenvalue weighted by atomic mass is 10.1. The Bertz CT molecular complexity index is 455. The molecule has 0 saturated carbocycles. The molecule has 0 bridgehead atoms. The Kier molecular flexibility index (Phi) is 6.86. The molecule has 0 atom stereocenters. The molecular formula is C14H17NOS2. The molecule has 0 spiro atoms. The average Bonchev–Trinajstić information content (AvgIpc) is 2.37. The highest BCUT2D eigenvalue weighted by Gasteiger charge is 2.07. The van der Waals surface area contributed by atoms with Crippen LogP contribution in [0.4, 0.5) is 0 Å². The number of nitrogens with zero attached hydrogens (tertiary/aromatic N) is 1. The smallest absolute Gasteiger partial charge is 0.106 e. The molecule has 0 aliphatic rings. The monoisotopic (exact) mass is 279 g/mol. The first kappa shape index (κ1) is 15.1. The maximum Gasteiger partial charge on any atom is 0.106 e. The molecule has 96 valence electrons. The van der Waals surface area contributed by atoms with Gasteiger partial charge in [0.25, 0.3) is 0 Å². The van der Waals surface area contributed by atoms with E-state index in [1.165, 1.54) is 10.5 Å². The van der Waals surface area contributed by atoms with Crippen molar-refractivity contribution in [3.8, 4) is 0 Å². The van der Waals surface area contributed by atoms with Gasteiger partial charge in [-0.15, -0.1) is 0 Å². The van der Waals surface area contributed by atoms with Gasteiger partial charge in [-0.25, -0.2) is 0 Å². The van der Waals surface area contributed by atoms with Gasteiger partial charge in [-0.2, -0.15) is 0 Å². The summed E-state index contributed by atoms with van der Waals surface area (Å²) in [4.78, 5) is 5.12. The van der Waals surface area contributed by atoms with Crippen molar-refractivity contribution in [2.45, 2.75) is 18.2 Å². The van der Waals surface area contributed by atoms with Crippen molar-refractivity contribution >= 4 is 28.3 Å². The molecule has 0 fully saturated rings. The summed E-state index contributed by atoms with van der Waals surface area (Å²) in [5.41, 5.74) is 2.37. The molecule has 0 aliphatic carbocycles. The number of aryl methyl sites for hydroxylation is 1. The molecule has 0 saturated heterocycles. The lowest BCUT2D eigenvalue weighted by Crippen LogP contribution is -1.94. The molecule has 0 aromatic heterocycles. The fourth-order valence-corrected chi connectivity index (χ4v) is 3.84. The Morgan fingerprint density at radius 1 is 1.50 bits per heavy atom. The zero-order valence-electron chi connectivity index (χ0n) is 10.4. The van der Waals surface area contributed by atoms with Gasteiger partial charge in [0.2, 0.25) is 0 Å². The largest absolute Gasteiger partial charge is 0.396 e. The van der Waals surface area contributed by atoms with Crippen LogP contribution in [0.2, 0.25) is 0 Å². The van der Waals surface area contributed by atoms with E-state index in [4.69, 9.17) is 5.11 Å². The van der Waals surface area contributed by atoms with Crippen LogP contribution in [0.3, 0.4) is 0 Å². The normalized spacial score (nSPS) is 11.3. The van der Waals surface area contributed by atoms with Crippen LogP contribution in [0.25, 0.3) is 0 Å². The minimum atomic E-state index is 0.163. The molecule has 0 heterocycles. The van der Waals surface area contributed by atoms with Crippen molar-refractivity contribution < 1.29 is 5.11 Å². The Morgan fingerprint density at radius 3 is 2.89 bits per heavy atom. The third-order valence-electron chi connectivity index (χ3n) is 2.30. The second kappa shape index (κ2) is 8.19. The predicted molar refractivity (Wildman–Crippen MR) is 83.2 cm³/mol. The Balaban J connectivity index is 2.86. The van der Waals surface area contributed by atoms with Gasteiger partial charge in [0.15, 0.2) is 0 Å². The molecule has 0 aliphatic heterocycles. The Labute approximate surface area is 116 Å². The van der Waals surface area contributed by atoms with Gasteiger partial charge in [-0.05, 0) is 48.1 Å². The number of allylic oxidation sites excluding steroid dienone is 2. The van der Waals surface area contributed by atoms with Crippen molar-refractivity contribution in [3.05, 3.63) is 53.1 Å². The SMILES string of the molecule is C=CC=C(N=C)SSc1c(C)cccc1CCO. The lowest BCUT2D eigenvalue weighted by molar-refractivity contribution is 0.299. The second-order valence-corrected chi connectivity index (χ2v) is 5.76. The maximum atomic E-state index is 9.07. The molecule has 1 aromatic rings. The van der Waals surface area contributed by atoms with E-state index < -0.39 is 0 Å². The molecule has 1 N–H and O–H groups in total. The first-order valence-corrected chi connectivity index (χ1v) is 7.71. The summed E-state index contributed by atoms with van der Waals surface area (Å²) >= 11 is 0. The van der Waals surface area contributed by atoms with Crippen LogP contribution in [0, 0.1) is 6.92 Å². The fourth-order valence-electron chi connectivity index (χ4n) is 1.44. The van der Waals surface area contributed by atoms with Crippen LogP contribution in [0.5, 0.6) is 0 Å². The maximum absolute atomic E-state index is 9.07. The number of aliphatic hydroxyl groups is 1. The molecule has 18 heavy (non-hydrogen) atoms. The van der Waals surface area contributed by atoms with Crippen LogP contribution >= 0.6 is 21.6 Å². The van der Waals surface area contributed by atoms with E-state index in [0.29, 0.717) is 6.42 Å². The van der Waals surface area contributed by atoms with E-state index in [-0.39, 0.29) is 6.61 Å². The minimum Gasteiger partial charge on any atom is -0.396 e. The van der Waals surface area contributed by atoms with Gasteiger partial charge in [0, 0.05) is 11.5 Å². The number of aliphatic imine (C=N–C) groups is 1. The van der Waals surface area contributed by atoms with Crippen LogP contribution in [-0.4, -0.2) is 18.4 Å². The van der Waals surface area contributed by atoms with Gasteiger partial charge >= 0.3 is 0 Å². The van der Waals surface area contributed by atoms with Crippen molar-refractivity contribution in [3.63, 3.8) is 0 Å². The van der Waals surface area contributed by atoms with Crippen LogP contribution in [0.1, 0.15) is 11.1 Å². The summed E-state index contributed by atoms with van der Waals surface area (Å²) in [6.45, 7) is 9.42. The summed E-state index contributed by atoms with van der Waals surface area (Å²) < 4.78 is 0. The zero-order valence-corrected chi connectivity index (χ0v) is 12.1. The van der Waals surface area contributed by atoms with E-state index in [2.05, 4.69) is 31.3 Å². The van der Waals surface area contributed by atoms with Crippen LogP contribution in [-0.2, 0) is 6.42 Å². The van der Waals surface area contributed by atoms with Crippen LogP contribution in [0.15, 0.2) is 51.8 Å². The third-order valence-corrected chi connectivity index (χ3v) is 4.83. The van der Waals surface area contributed by atoms with Crippen molar-refractivity contribution in [1.29, 1.82) is 0 Å². The molecule has 4 heteroatoms.